The molecule has 1 unspecified atom stereocenters. The van der Waals surface area contributed by atoms with Gasteiger partial charge < -0.3 is 19.7 Å². The lowest BCUT2D eigenvalue weighted by molar-refractivity contribution is -0.125. The van der Waals surface area contributed by atoms with E-state index in [1.54, 1.807) is 10.8 Å². The molecule has 166 valence electrons. The fraction of sp³-hybridized carbons (Fsp3) is 0.391. The number of hydrogen-bond donors (Lipinski definition) is 1. The first kappa shape index (κ1) is 20.3. The Morgan fingerprint density at radius 3 is 3.00 bits per heavy atom. The summed E-state index contributed by atoms with van der Waals surface area (Å²) in [5.74, 6) is 1.58. The molecular weight excluding hydrogens is 410 g/mol. The summed E-state index contributed by atoms with van der Waals surface area (Å²) >= 11 is 0. The molecule has 2 aliphatic heterocycles. The number of carbonyl (C=O) groups is 1. The van der Waals surface area contributed by atoms with Crippen molar-refractivity contribution in [3.05, 3.63) is 52.4 Å². The number of nitrogens with one attached hydrogen (secondary N) is 1. The van der Waals surface area contributed by atoms with E-state index in [2.05, 4.69) is 15.3 Å². The van der Waals surface area contributed by atoms with Crippen LogP contribution in [0, 0.1) is 5.92 Å². The number of carbonyl (C=O) groups excluding carboxylic acids is 1. The lowest BCUT2D eigenvalue weighted by atomic mass is 9.97. The molecule has 1 saturated heterocycles. The van der Waals surface area contributed by atoms with Crippen LogP contribution in [0.15, 0.2) is 41.3 Å². The Labute approximate surface area is 185 Å². The molecule has 3 aromatic rings. The summed E-state index contributed by atoms with van der Waals surface area (Å²) in [5.41, 5.74) is 2.04. The second kappa shape index (κ2) is 8.49. The van der Waals surface area contributed by atoms with Gasteiger partial charge in [0.15, 0.2) is 23.0 Å². The van der Waals surface area contributed by atoms with E-state index in [9.17, 15) is 9.59 Å². The highest BCUT2D eigenvalue weighted by atomic mass is 16.7. The average molecular weight is 435 g/mol. The van der Waals surface area contributed by atoms with Crippen molar-refractivity contribution < 1.29 is 14.3 Å². The number of ether oxygens (including phenoxy) is 2. The van der Waals surface area contributed by atoms with Crippen LogP contribution in [-0.4, -0.2) is 40.3 Å². The zero-order valence-corrected chi connectivity index (χ0v) is 17.9. The van der Waals surface area contributed by atoms with Crippen molar-refractivity contribution >= 4 is 22.9 Å². The van der Waals surface area contributed by atoms with Gasteiger partial charge in [-0.15, -0.1) is 0 Å². The van der Waals surface area contributed by atoms with Gasteiger partial charge in [0.2, 0.25) is 12.7 Å². The smallest absolute Gasteiger partial charge is 0.295 e. The molecule has 0 spiro atoms. The minimum atomic E-state index is -0.210. The first-order chi connectivity index (χ1) is 15.6. The van der Waals surface area contributed by atoms with Crippen LogP contribution in [-0.2, 0) is 17.9 Å². The molecule has 32 heavy (non-hydrogen) atoms. The number of piperidine rings is 1. The van der Waals surface area contributed by atoms with E-state index in [-0.39, 0.29) is 24.2 Å². The number of amides is 1. The highest BCUT2D eigenvalue weighted by Gasteiger charge is 2.28. The number of aryl methyl sites for hydroxylation is 1. The summed E-state index contributed by atoms with van der Waals surface area (Å²) < 4.78 is 12.4. The highest BCUT2D eigenvalue weighted by molar-refractivity contribution is 5.79. The third-order valence-electron chi connectivity index (χ3n) is 6.00. The Kier molecular flexibility index (Phi) is 5.38. The van der Waals surface area contributed by atoms with E-state index in [0.29, 0.717) is 48.9 Å². The van der Waals surface area contributed by atoms with Crippen LogP contribution in [0.4, 0.5) is 5.82 Å². The Bertz CT molecular complexity index is 1220. The molecule has 1 aromatic carbocycles. The standard InChI is InChI=1S/C23H25N5O4/c1-2-28-20-17(6-3-9-24-20)26-21(23(28)30)27-10-4-5-16(13-27)22(29)25-12-15-7-8-18-19(11-15)32-14-31-18/h3,6-9,11,16H,2,4-5,10,12-14H2,1H3,(H,25,29). The highest BCUT2D eigenvalue weighted by Crippen LogP contribution is 2.32. The van der Waals surface area contributed by atoms with Crippen LogP contribution < -0.4 is 25.2 Å². The average Bonchev–Trinajstić information content (AvgIpc) is 3.30. The number of nitrogens with zero attached hydrogens (tertiary/aromatic N) is 4. The van der Waals surface area contributed by atoms with E-state index in [0.717, 1.165) is 24.2 Å². The van der Waals surface area contributed by atoms with E-state index < -0.39 is 0 Å². The molecular formula is C23H25N5O4. The molecule has 2 aromatic heterocycles. The van der Waals surface area contributed by atoms with Gasteiger partial charge in [-0.2, -0.15) is 0 Å². The first-order valence-corrected chi connectivity index (χ1v) is 10.9. The predicted molar refractivity (Wildman–Crippen MR) is 119 cm³/mol. The number of aromatic nitrogens is 3. The largest absolute Gasteiger partial charge is 0.454 e. The van der Waals surface area contributed by atoms with Crippen molar-refractivity contribution in [2.24, 2.45) is 5.92 Å². The van der Waals surface area contributed by atoms with Crippen LogP contribution in [0.3, 0.4) is 0 Å². The lowest BCUT2D eigenvalue weighted by Gasteiger charge is -2.32. The number of benzene rings is 1. The molecule has 1 fully saturated rings. The minimum absolute atomic E-state index is 0.0226. The Morgan fingerprint density at radius 2 is 2.12 bits per heavy atom. The maximum absolute atomic E-state index is 13.1. The number of rotatable bonds is 5. The molecule has 0 aliphatic carbocycles. The number of pyridine rings is 1. The SMILES string of the molecule is CCn1c(=O)c(N2CCCC(C(=O)NCc3ccc4c(c3)OCO4)C2)nc2cccnc21. The predicted octanol–water partition coefficient (Wildman–Crippen LogP) is 2.07. The number of hydrogen-bond acceptors (Lipinski definition) is 7. The second-order valence-corrected chi connectivity index (χ2v) is 8.02. The molecule has 4 heterocycles. The van der Waals surface area contributed by atoms with Gasteiger partial charge >= 0.3 is 0 Å². The third kappa shape index (κ3) is 3.74. The molecule has 1 amide bonds. The molecule has 1 atom stereocenters. The molecule has 9 heteroatoms. The van der Waals surface area contributed by atoms with Crippen molar-refractivity contribution in [3.63, 3.8) is 0 Å². The molecule has 9 nitrogen and oxygen atoms in total. The van der Waals surface area contributed by atoms with Crippen LogP contribution in [0.1, 0.15) is 25.3 Å². The molecule has 5 rings (SSSR count). The van der Waals surface area contributed by atoms with E-state index in [1.807, 2.05) is 42.2 Å². The summed E-state index contributed by atoms with van der Waals surface area (Å²) in [7, 11) is 0. The van der Waals surface area contributed by atoms with Crippen LogP contribution in [0.25, 0.3) is 11.2 Å². The molecule has 0 bridgehead atoms. The monoisotopic (exact) mass is 435 g/mol. The molecule has 2 aliphatic rings. The topological polar surface area (TPSA) is 98.6 Å². The first-order valence-electron chi connectivity index (χ1n) is 10.9. The van der Waals surface area contributed by atoms with Gasteiger partial charge in [0.1, 0.15) is 5.52 Å². The summed E-state index contributed by atoms with van der Waals surface area (Å²) in [6.45, 7) is 4.22. The van der Waals surface area contributed by atoms with Crippen molar-refractivity contribution in [2.75, 3.05) is 24.8 Å². The maximum atomic E-state index is 13.1. The van der Waals surface area contributed by atoms with Crippen molar-refractivity contribution in [1.29, 1.82) is 0 Å². The zero-order chi connectivity index (χ0) is 22.1. The Hall–Kier alpha value is -3.62. The number of anilines is 1. The van der Waals surface area contributed by atoms with Gasteiger partial charge in [-0.25, -0.2) is 9.97 Å². The summed E-state index contributed by atoms with van der Waals surface area (Å²) in [6, 6.07) is 9.32. The quantitative estimate of drug-likeness (QED) is 0.655. The summed E-state index contributed by atoms with van der Waals surface area (Å²) in [6.07, 6.45) is 3.26. The van der Waals surface area contributed by atoms with Crippen molar-refractivity contribution in [2.45, 2.75) is 32.9 Å². The van der Waals surface area contributed by atoms with Gasteiger partial charge in [-0.3, -0.25) is 14.2 Å². The van der Waals surface area contributed by atoms with Crippen LogP contribution >= 0.6 is 0 Å². The Morgan fingerprint density at radius 1 is 1.25 bits per heavy atom. The fourth-order valence-electron chi connectivity index (χ4n) is 4.33. The van der Waals surface area contributed by atoms with Gasteiger partial charge in [0.25, 0.3) is 5.56 Å². The van der Waals surface area contributed by atoms with Crippen LogP contribution in [0.2, 0.25) is 0 Å². The second-order valence-electron chi connectivity index (χ2n) is 8.02. The van der Waals surface area contributed by atoms with Gasteiger partial charge in [0, 0.05) is 32.4 Å². The fourth-order valence-corrected chi connectivity index (χ4v) is 4.33. The Balaban J connectivity index is 1.30. The zero-order valence-electron chi connectivity index (χ0n) is 17.9. The van der Waals surface area contributed by atoms with E-state index >= 15 is 0 Å². The van der Waals surface area contributed by atoms with E-state index in [4.69, 9.17) is 9.47 Å². The molecule has 0 radical (unpaired) electrons. The van der Waals surface area contributed by atoms with Crippen molar-refractivity contribution in [1.82, 2.24) is 19.9 Å². The van der Waals surface area contributed by atoms with Gasteiger partial charge in [0.05, 0.1) is 5.92 Å². The van der Waals surface area contributed by atoms with Crippen LogP contribution in [0.5, 0.6) is 11.5 Å². The summed E-state index contributed by atoms with van der Waals surface area (Å²) in [4.78, 5) is 36.8. The maximum Gasteiger partial charge on any atom is 0.295 e. The molecule has 1 N–H and O–H groups in total. The van der Waals surface area contributed by atoms with Gasteiger partial charge in [-0.1, -0.05) is 6.07 Å². The van der Waals surface area contributed by atoms with E-state index in [1.165, 1.54) is 0 Å². The number of fused-ring (bicyclic) bond motifs is 2. The van der Waals surface area contributed by atoms with Crippen molar-refractivity contribution in [3.8, 4) is 11.5 Å². The minimum Gasteiger partial charge on any atom is -0.454 e. The lowest BCUT2D eigenvalue weighted by Crippen LogP contribution is -2.45. The normalized spacial score (nSPS) is 17.5. The molecule has 0 saturated carbocycles. The van der Waals surface area contributed by atoms with Gasteiger partial charge in [-0.05, 0) is 49.6 Å². The summed E-state index contributed by atoms with van der Waals surface area (Å²) in [5, 5.41) is 3.02. The third-order valence-corrected chi connectivity index (χ3v) is 6.00.